The zero-order valence-electron chi connectivity index (χ0n) is 7.55. The molecule has 2 aliphatic rings. The molecule has 3 heteroatoms. The van der Waals surface area contributed by atoms with E-state index < -0.39 is 0 Å². The van der Waals surface area contributed by atoms with Gasteiger partial charge in [0.15, 0.2) is 0 Å². The van der Waals surface area contributed by atoms with Crippen molar-refractivity contribution >= 4 is 6.02 Å². The van der Waals surface area contributed by atoms with Crippen molar-refractivity contribution in [3.05, 3.63) is 0 Å². The van der Waals surface area contributed by atoms with Gasteiger partial charge >= 0.3 is 0 Å². The summed E-state index contributed by atoms with van der Waals surface area (Å²) in [5, 5.41) is 0. The number of nitrogens with zero attached hydrogens (tertiary/aromatic N) is 1. The monoisotopic (exact) mass is 168 g/mol. The van der Waals surface area contributed by atoms with E-state index in [0.29, 0.717) is 6.02 Å². The topological polar surface area (TPSA) is 47.6 Å². The van der Waals surface area contributed by atoms with Gasteiger partial charge in [-0.25, -0.2) is 4.99 Å². The van der Waals surface area contributed by atoms with E-state index in [4.69, 9.17) is 10.5 Å². The molecule has 1 spiro atoms. The first-order chi connectivity index (χ1) is 5.70. The summed E-state index contributed by atoms with van der Waals surface area (Å²) in [6, 6.07) is 0.393. The van der Waals surface area contributed by atoms with Crippen LogP contribution < -0.4 is 5.73 Å². The van der Waals surface area contributed by atoms with Gasteiger partial charge in [-0.05, 0) is 25.2 Å². The maximum Gasteiger partial charge on any atom is 0.282 e. The van der Waals surface area contributed by atoms with E-state index in [2.05, 4.69) is 11.9 Å². The number of nitrogens with two attached hydrogens (primary N) is 1. The van der Waals surface area contributed by atoms with Crippen molar-refractivity contribution in [3.63, 3.8) is 0 Å². The smallest absolute Gasteiger partial charge is 0.282 e. The van der Waals surface area contributed by atoms with Crippen LogP contribution in [0.15, 0.2) is 4.99 Å². The highest BCUT2D eigenvalue weighted by atomic mass is 16.5. The Morgan fingerprint density at radius 1 is 1.67 bits per heavy atom. The number of rotatable bonds is 0. The van der Waals surface area contributed by atoms with Crippen LogP contribution >= 0.6 is 0 Å². The fourth-order valence-corrected chi connectivity index (χ4v) is 2.36. The average molecular weight is 168 g/mol. The maximum absolute atomic E-state index is 5.59. The molecule has 1 heterocycles. The molecule has 2 atom stereocenters. The molecule has 2 unspecified atom stereocenters. The van der Waals surface area contributed by atoms with E-state index in [1.54, 1.807) is 0 Å². The van der Waals surface area contributed by atoms with Crippen LogP contribution in [0.2, 0.25) is 0 Å². The first-order valence-corrected chi connectivity index (χ1v) is 4.69. The summed E-state index contributed by atoms with van der Waals surface area (Å²) in [7, 11) is 0. The highest BCUT2D eigenvalue weighted by molar-refractivity contribution is 5.73. The van der Waals surface area contributed by atoms with Crippen LogP contribution in [-0.4, -0.2) is 18.2 Å². The fourth-order valence-electron chi connectivity index (χ4n) is 2.36. The summed E-state index contributed by atoms with van der Waals surface area (Å²) >= 11 is 0. The summed E-state index contributed by atoms with van der Waals surface area (Å²) < 4.78 is 5.59. The van der Waals surface area contributed by atoms with Crippen molar-refractivity contribution in [1.82, 2.24) is 0 Å². The van der Waals surface area contributed by atoms with E-state index in [9.17, 15) is 0 Å². The predicted octanol–water partition coefficient (Wildman–Crippen LogP) is 1.28. The van der Waals surface area contributed by atoms with Gasteiger partial charge in [0.1, 0.15) is 5.60 Å². The number of ether oxygens (including phenoxy) is 1. The minimum atomic E-state index is -0.0122. The molecule has 0 amide bonds. The second kappa shape index (κ2) is 2.64. The lowest BCUT2D eigenvalue weighted by atomic mass is 9.79. The van der Waals surface area contributed by atoms with Gasteiger partial charge in [-0.1, -0.05) is 13.3 Å². The molecule has 0 saturated heterocycles. The van der Waals surface area contributed by atoms with Gasteiger partial charge in [0.05, 0.1) is 6.54 Å². The van der Waals surface area contributed by atoms with Crippen LogP contribution in [0.3, 0.4) is 0 Å². The fraction of sp³-hybridized carbons (Fsp3) is 0.889. The molecule has 1 aliphatic heterocycles. The number of hydrogen-bond donors (Lipinski definition) is 1. The molecule has 1 aliphatic carbocycles. The molecule has 0 radical (unpaired) electrons. The lowest BCUT2D eigenvalue weighted by Crippen LogP contribution is -2.39. The van der Waals surface area contributed by atoms with Gasteiger partial charge in [0, 0.05) is 0 Å². The summed E-state index contributed by atoms with van der Waals surface area (Å²) in [4.78, 5) is 4.12. The third-order valence-corrected chi connectivity index (χ3v) is 2.89. The van der Waals surface area contributed by atoms with E-state index in [1.807, 2.05) is 0 Å². The molecule has 0 aromatic carbocycles. The standard InChI is InChI=1S/C9H16N2O/c1-7-3-2-4-9(5-7)6-11-8(10)12-9/h7H,2-6H2,1H3,(H2,10,11). The van der Waals surface area contributed by atoms with Gasteiger partial charge in [0.2, 0.25) is 0 Å². The van der Waals surface area contributed by atoms with Gasteiger partial charge in [0.25, 0.3) is 6.02 Å². The Bertz CT molecular complexity index is 215. The Balaban J connectivity index is 2.03. The maximum atomic E-state index is 5.59. The number of hydrogen-bond acceptors (Lipinski definition) is 3. The molecule has 0 aromatic heterocycles. The molecular formula is C9H16N2O. The van der Waals surface area contributed by atoms with Crippen LogP contribution in [0.1, 0.15) is 32.6 Å². The molecule has 0 bridgehead atoms. The average Bonchev–Trinajstić information content (AvgIpc) is 2.32. The summed E-state index contributed by atoms with van der Waals surface area (Å²) in [6.07, 6.45) is 4.83. The molecule has 2 rings (SSSR count). The quantitative estimate of drug-likeness (QED) is 0.592. The van der Waals surface area contributed by atoms with Crippen molar-refractivity contribution in [2.75, 3.05) is 6.54 Å². The predicted molar refractivity (Wildman–Crippen MR) is 47.9 cm³/mol. The highest BCUT2D eigenvalue weighted by Crippen LogP contribution is 2.37. The molecule has 1 saturated carbocycles. The first kappa shape index (κ1) is 7.90. The Kier molecular flexibility index (Phi) is 1.74. The largest absolute Gasteiger partial charge is 0.457 e. The zero-order valence-corrected chi connectivity index (χ0v) is 7.55. The Morgan fingerprint density at radius 3 is 3.08 bits per heavy atom. The second-order valence-corrected chi connectivity index (χ2v) is 4.14. The molecule has 12 heavy (non-hydrogen) atoms. The highest BCUT2D eigenvalue weighted by Gasteiger charge is 2.40. The Labute approximate surface area is 73.0 Å². The van der Waals surface area contributed by atoms with Gasteiger partial charge in [-0.3, -0.25) is 0 Å². The van der Waals surface area contributed by atoms with Crippen LogP contribution in [0.5, 0.6) is 0 Å². The SMILES string of the molecule is CC1CCCC2(CN=C(N)O2)C1. The van der Waals surface area contributed by atoms with E-state index >= 15 is 0 Å². The van der Waals surface area contributed by atoms with Gasteiger partial charge in [-0.2, -0.15) is 0 Å². The lowest BCUT2D eigenvalue weighted by molar-refractivity contribution is 0.0260. The van der Waals surface area contributed by atoms with Gasteiger partial charge in [-0.15, -0.1) is 0 Å². The third-order valence-electron chi connectivity index (χ3n) is 2.89. The minimum absolute atomic E-state index is 0.0122. The third kappa shape index (κ3) is 1.28. The minimum Gasteiger partial charge on any atom is -0.457 e. The normalized spacial score (nSPS) is 41.1. The van der Waals surface area contributed by atoms with Crippen LogP contribution in [0.25, 0.3) is 0 Å². The molecular weight excluding hydrogens is 152 g/mol. The second-order valence-electron chi connectivity index (χ2n) is 4.14. The van der Waals surface area contributed by atoms with Crippen LogP contribution in [0, 0.1) is 5.92 Å². The Hall–Kier alpha value is -0.730. The van der Waals surface area contributed by atoms with E-state index in [0.717, 1.165) is 25.3 Å². The number of aliphatic imine (C=N–C) groups is 1. The zero-order chi connectivity index (χ0) is 8.60. The summed E-state index contributed by atoms with van der Waals surface area (Å²) in [6.45, 7) is 3.06. The van der Waals surface area contributed by atoms with Crippen molar-refractivity contribution in [2.45, 2.75) is 38.2 Å². The summed E-state index contributed by atoms with van der Waals surface area (Å²) in [5.41, 5.74) is 5.50. The number of amidine groups is 1. The van der Waals surface area contributed by atoms with E-state index in [1.165, 1.54) is 12.8 Å². The molecule has 3 nitrogen and oxygen atoms in total. The first-order valence-electron chi connectivity index (χ1n) is 4.69. The van der Waals surface area contributed by atoms with Crippen molar-refractivity contribution < 1.29 is 4.74 Å². The van der Waals surface area contributed by atoms with Crippen LogP contribution in [-0.2, 0) is 4.74 Å². The molecule has 0 aromatic rings. The molecule has 68 valence electrons. The summed E-state index contributed by atoms with van der Waals surface area (Å²) in [5.74, 6) is 0.764. The van der Waals surface area contributed by atoms with Gasteiger partial charge < -0.3 is 10.5 Å². The Morgan fingerprint density at radius 2 is 2.50 bits per heavy atom. The van der Waals surface area contributed by atoms with Crippen molar-refractivity contribution in [2.24, 2.45) is 16.6 Å². The van der Waals surface area contributed by atoms with Crippen LogP contribution in [0.4, 0.5) is 0 Å². The lowest BCUT2D eigenvalue weighted by Gasteiger charge is -2.35. The van der Waals surface area contributed by atoms with Crippen molar-refractivity contribution in [1.29, 1.82) is 0 Å². The van der Waals surface area contributed by atoms with Crippen molar-refractivity contribution in [3.8, 4) is 0 Å². The molecule has 1 fully saturated rings. The molecule has 2 N–H and O–H groups in total. The van der Waals surface area contributed by atoms with E-state index in [-0.39, 0.29) is 5.60 Å².